The number of fused-ring (bicyclic) bond motifs is 1. The number of para-hydroxylation sites is 1. The van der Waals surface area contributed by atoms with Crippen molar-refractivity contribution in [1.82, 2.24) is 4.98 Å². The molecule has 0 aliphatic heterocycles. The van der Waals surface area contributed by atoms with Gasteiger partial charge in [-0.2, -0.15) is 0 Å². The van der Waals surface area contributed by atoms with Crippen LogP contribution in [0.2, 0.25) is 0 Å². The highest BCUT2D eigenvalue weighted by Gasteiger charge is 2.16. The second-order valence-corrected chi connectivity index (χ2v) is 6.86. The summed E-state index contributed by atoms with van der Waals surface area (Å²) in [7, 11) is 0. The van der Waals surface area contributed by atoms with Crippen molar-refractivity contribution in [3.63, 3.8) is 0 Å². The van der Waals surface area contributed by atoms with Gasteiger partial charge >= 0.3 is 0 Å². The number of carbonyl (C=O) groups is 1. The maximum absolute atomic E-state index is 14.9. The molecule has 0 spiro atoms. The van der Waals surface area contributed by atoms with Gasteiger partial charge in [0.15, 0.2) is 5.82 Å². The van der Waals surface area contributed by atoms with Crippen molar-refractivity contribution >= 4 is 16.9 Å². The summed E-state index contributed by atoms with van der Waals surface area (Å²) in [5.41, 5.74) is 8.52. The van der Waals surface area contributed by atoms with E-state index in [2.05, 4.69) is 10.2 Å². The normalized spacial score (nSPS) is 10.9. The van der Waals surface area contributed by atoms with E-state index in [1.54, 1.807) is 42.5 Å². The zero-order valence-electron chi connectivity index (χ0n) is 16.4. The Kier molecular flexibility index (Phi) is 5.81. The second-order valence-electron chi connectivity index (χ2n) is 6.86. The van der Waals surface area contributed by atoms with E-state index >= 15 is 0 Å². The van der Waals surface area contributed by atoms with Crippen LogP contribution in [-0.4, -0.2) is 10.9 Å². The first-order valence-corrected chi connectivity index (χ1v) is 9.51. The molecule has 2 aromatic heterocycles. The third-order valence-corrected chi connectivity index (χ3v) is 4.87. The number of hydrogen-bond acceptors (Lipinski definition) is 6. The molecule has 0 fully saturated rings. The average molecular weight is 419 g/mol. The summed E-state index contributed by atoms with van der Waals surface area (Å²) in [6.07, 6.45) is 2.90. The highest BCUT2D eigenvalue weighted by atomic mass is 19.1. The maximum atomic E-state index is 14.9. The summed E-state index contributed by atoms with van der Waals surface area (Å²) in [6, 6.07) is 13.9. The van der Waals surface area contributed by atoms with Crippen molar-refractivity contribution in [3.05, 3.63) is 88.5 Å². The Labute approximate surface area is 176 Å². The molecule has 0 radical (unpaired) electrons. The summed E-state index contributed by atoms with van der Waals surface area (Å²) >= 11 is 0. The van der Waals surface area contributed by atoms with E-state index < -0.39 is 11.7 Å². The van der Waals surface area contributed by atoms with Crippen molar-refractivity contribution in [3.8, 4) is 16.9 Å². The Morgan fingerprint density at radius 3 is 2.81 bits per heavy atom. The number of nitroso groups, excluding NO2 is 1. The lowest BCUT2D eigenvalue weighted by Gasteiger charge is -2.12. The van der Waals surface area contributed by atoms with Crippen molar-refractivity contribution < 1.29 is 18.3 Å². The zero-order chi connectivity index (χ0) is 21.8. The predicted octanol–water partition coefficient (Wildman–Crippen LogP) is 4.51. The number of carbonyl (C=O) groups excluding carboxylic acids is 1. The van der Waals surface area contributed by atoms with Gasteiger partial charge in [0, 0.05) is 40.0 Å². The number of halogens is 1. The Morgan fingerprint density at radius 1 is 1.16 bits per heavy atom. The number of benzene rings is 2. The molecular formula is C23H18FN3O4. The molecule has 0 bridgehead atoms. The van der Waals surface area contributed by atoms with Gasteiger partial charge in [0.2, 0.25) is 0 Å². The van der Waals surface area contributed by atoms with Crippen LogP contribution >= 0.6 is 0 Å². The van der Waals surface area contributed by atoms with Crippen LogP contribution in [0.25, 0.3) is 22.1 Å². The summed E-state index contributed by atoms with van der Waals surface area (Å²) in [6.45, 7) is 0.138. The molecule has 2 heterocycles. The first-order valence-electron chi connectivity index (χ1n) is 9.51. The SMILES string of the molecule is NCc1nccc(-c2cc(COc3ccccc3CC(=O)N=O)cc3ccoc23)c1F. The summed E-state index contributed by atoms with van der Waals surface area (Å²) in [5, 5.41) is 3.22. The monoisotopic (exact) mass is 419 g/mol. The molecule has 0 aliphatic rings. The fourth-order valence-electron chi connectivity index (χ4n) is 3.41. The molecule has 0 aliphatic carbocycles. The van der Waals surface area contributed by atoms with Gasteiger partial charge in [0.05, 0.1) is 18.4 Å². The first kappa shape index (κ1) is 20.4. The Hall–Kier alpha value is -3.91. The number of nitrogens with two attached hydrogens (primary N) is 1. The summed E-state index contributed by atoms with van der Waals surface area (Å²) in [5.74, 6) is -0.804. The Bertz CT molecular complexity index is 1270. The lowest BCUT2D eigenvalue weighted by atomic mass is 10.00. The molecule has 1 amide bonds. The Balaban J connectivity index is 1.68. The van der Waals surface area contributed by atoms with Crippen LogP contribution in [0.5, 0.6) is 5.75 Å². The first-order chi connectivity index (χ1) is 15.1. The molecule has 8 heteroatoms. The number of ether oxygens (including phenoxy) is 1. The van der Waals surface area contributed by atoms with Gasteiger partial charge in [-0.1, -0.05) is 18.2 Å². The van der Waals surface area contributed by atoms with E-state index in [0.29, 0.717) is 28.0 Å². The quantitative estimate of drug-likeness (QED) is 0.442. The molecule has 0 unspecified atom stereocenters. The van der Waals surface area contributed by atoms with Gasteiger partial charge in [-0.3, -0.25) is 9.78 Å². The third kappa shape index (κ3) is 4.19. The van der Waals surface area contributed by atoms with E-state index in [1.165, 1.54) is 12.5 Å². The van der Waals surface area contributed by atoms with E-state index in [4.69, 9.17) is 14.9 Å². The van der Waals surface area contributed by atoms with E-state index in [0.717, 1.165) is 10.9 Å². The predicted molar refractivity (Wildman–Crippen MR) is 113 cm³/mol. The molecule has 7 nitrogen and oxygen atoms in total. The van der Waals surface area contributed by atoms with Crippen molar-refractivity contribution in [2.24, 2.45) is 10.9 Å². The minimum atomic E-state index is -0.776. The fourth-order valence-corrected chi connectivity index (χ4v) is 3.41. The highest BCUT2D eigenvalue weighted by Crippen LogP contribution is 2.33. The molecule has 0 saturated heterocycles. The average Bonchev–Trinajstić information content (AvgIpc) is 3.27. The van der Waals surface area contributed by atoms with Crippen LogP contribution in [0.1, 0.15) is 16.8 Å². The largest absolute Gasteiger partial charge is 0.489 e. The minimum absolute atomic E-state index is 0.0189. The molecule has 4 aromatic rings. The highest BCUT2D eigenvalue weighted by molar-refractivity contribution is 5.93. The van der Waals surface area contributed by atoms with Gasteiger partial charge < -0.3 is 14.9 Å². The second kappa shape index (κ2) is 8.85. The summed E-state index contributed by atoms with van der Waals surface area (Å²) in [4.78, 5) is 25.8. The van der Waals surface area contributed by atoms with Crippen molar-refractivity contribution in [2.75, 3.05) is 0 Å². The Morgan fingerprint density at radius 2 is 2.00 bits per heavy atom. The van der Waals surface area contributed by atoms with Gasteiger partial charge in [0.1, 0.15) is 17.9 Å². The topological polar surface area (TPSA) is 108 Å². The van der Waals surface area contributed by atoms with Gasteiger partial charge in [-0.05, 0) is 35.9 Å². The molecule has 4 rings (SSSR count). The molecule has 156 valence electrons. The van der Waals surface area contributed by atoms with Crippen molar-refractivity contribution in [2.45, 2.75) is 19.6 Å². The van der Waals surface area contributed by atoms with Crippen LogP contribution in [0.3, 0.4) is 0 Å². The van der Waals surface area contributed by atoms with Crippen LogP contribution in [0.4, 0.5) is 4.39 Å². The van der Waals surface area contributed by atoms with Gasteiger partial charge in [-0.15, -0.1) is 4.91 Å². The summed E-state index contributed by atoms with van der Waals surface area (Å²) < 4.78 is 26.4. The number of hydrogen-bond donors (Lipinski definition) is 1. The molecule has 31 heavy (non-hydrogen) atoms. The van der Waals surface area contributed by atoms with Gasteiger partial charge in [-0.25, -0.2) is 4.39 Å². The van der Waals surface area contributed by atoms with E-state index in [1.807, 2.05) is 6.07 Å². The molecule has 0 saturated carbocycles. The van der Waals surface area contributed by atoms with Crippen LogP contribution in [-0.2, 0) is 24.4 Å². The minimum Gasteiger partial charge on any atom is -0.489 e. The van der Waals surface area contributed by atoms with E-state index in [9.17, 15) is 14.1 Å². The smallest absolute Gasteiger partial charge is 0.290 e. The lowest BCUT2D eigenvalue weighted by Crippen LogP contribution is -2.05. The molecule has 0 atom stereocenters. The van der Waals surface area contributed by atoms with E-state index in [-0.39, 0.29) is 25.3 Å². The van der Waals surface area contributed by atoms with Crippen LogP contribution in [0.15, 0.2) is 70.6 Å². The van der Waals surface area contributed by atoms with Gasteiger partial charge in [0.25, 0.3) is 5.91 Å². The maximum Gasteiger partial charge on any atom is 0.290 e. The standard InChI is InChI=1S/C23H18FN3O4/c24-22-17(5-7-26-19(22)12-25)18-10-14(9-16-6-8-30-23(16)18)13-31-20-4-2-1-3-15(20)11-21(28)27-29/h1-10H,11-13,25H2. The van der Waals surface area contributed by atoms with Crippen LogP contribution < -0.4 is 10.5 Å². The number of furan rings is 1. The number of amides is 1. The molecule has 2 aromatic carbocycles. The van der Waals surface area contributed by atoms with Crippen molar-refractivity contribution in [1.29, 1.82) is 0 Å². The third-order valence-electron chi connectivity index (χ3n) is 4.87. The van der Waals surface area contributed by atoms with Crippen LogP contribution in [0, 0.1) is 10.7 Å². The lowest BCUT2D eigenvalue weighted by molar-refractivity contribution is -0.117. The molecular weight excluding hydrogens is 401 g/mol. The number of aromatic nitrogens is 1. The number of rotatable bonds is 7. The number of pyridine rings is 1. The molecule has 2 N–H and O–H groups in total. The fraction of sp³-hybridized carbons (Fsp3) is 0.130. The number of nitrogens with zero attached hydrogens (tertiary/aromatic N) is 2. The zero-order valence-corrected chi connectivity index (χ0v) is 16.4.